The van der Waals surface area contributed by atoms with Crippen LogP contribution in [0.5, 0.6) is 0 Å². The zero-order valence-electron chi connectivity index (χ0n) is 30.6. The molecule has 0 aliphatic rings. The lowest BCUT2D eigenvalue weighted by Gasteiger charge is -2.19. The highest BCUT2D eigenvalue weighted by Crippen LogP contribution is 2.13. The van der Waals surface area contributed by atoms with Gasteiger partial charge in [0.1, 0.15) is 0 Å². The van der Waals surface area contributed by atoms with Crippen molar-refractivity contribution in [2.24, 2.45) is 0 Å². The Morgan fingerprint density at radius 2 is 0.478 bits per heavy atom. The van der Waals surface area contributed by atoms with Crippen LogP contribution in [0, 0.1) is 0 Å². The molecule has 0 rings (SSSR count). The lowest BCUT2D eigenvalue weighted by atomic mass is 10.1. The minimum absolute atomic E-state index is 0.193. The van der Waals surface area contributed by atoms with Crippen molar-refractivity contribution in [3.05, 3.63) is 0 Å². The third-order valence-corrected chi connectivity index (χ3v) is 8.32. The normalized spacial score (nSPS) is 11.0. The van der Waals surface area contributed by atoms with E-state index in [1.807, 2.05) is 0 Å². The van der Waals surface area contributed by atoms with E-state index in [0.29, 0.717) is 26.2 Å². The lowest BCUT2D eigenvalue weighted by molar-refractivity contribution is 0.158. The molecule has 0 fully saturated rings. The molecule has 0 saturated carbocycles. The van der Waals surface area contributed by atoms with Gasteiger partial charge in [-0.15, -0.1) is 0 Å². The molecule has 280 valence electrons. The van der Waals surface area contributed by atoms with E-state index in [9.17, 15) is 0 Å². The number of rotatable bonds is 34. The predicted molar refractivity (Wildman–Crippen MR) is 196 cm³/mol. The van der Waals surface area contributed by atoms with Crippen molar-refractivity contribution < 1.29 is 35.5 Å². The van der Waals surface area contributed by atoms with Crippen LogP contribution >= 0.6 is 0 Å². The van der Waals surface area contributed by atoms with Crippen LogP contribution in [0.3, 0.4) is 0 Å². The van der Waals surface area contributed by atoms with E-state index >= 15 is 0 Å². The lowest BCUT2D eigenvalue weighted by Crippen LogP contribution is -2.30. The van der Waals surface area contributed by atoms with Gasteiger partial charge < -0.3 is 35.5 Å². The number of unbranched alkanes of at least 4 members (excludes halogenated alkanes) is 22. The average molecular weight is 665 g/mol. The Balaban J connectivity index is -0.000000719. The molecule has 0 aliphatic carbocycles. The first-order valence-electron chi connectivity index (χ1n) is 19.4. The summed E-state index contributed by atoms with van der Waals surface area (Å²) in [5.74, 6) is 0. The molecule has 0 amide bonds. The van der Waals surface area contributed by atoms with E-state index < -0.39 is 7.32 Å². The van der Waals surface area contributed by atoms with Gasteiger partial charge in [-0.25, -0.2) is 0 Å². The first kappa shape index (κ1) is 50.1. The summed E-state index contributed by atoms with van der Waals surface area (Å²) in [6.45, 7) is 10.1. The second kappa shape index (κ2) is 46.8. The number of aliphatic hydroxyl groups excluding tert-OH is 4. The molecule has 0 unspecified atom stereocenters. The number of hydrogen-bond donors (Lipinski definition) is 7. The summed E-state index contributed by atoms with van der Waals surface area (Å²) >= 11 is 0. The summed E-state index contributed by atoms with van der Waals surface area (Å²) in [6.07, 6.45) is 32.9. The number of aliphatic hydroxyl groups is 4. The molecule has 0 saturated heterocycles. The molecule has 46 heavy (non-hydrogen) atoms. The van der Waals surface area contributed by atoms with Gasteiger partial charge in [0.25, 0.3) is 0 Å². The minimum Gasteiger partial charge on any atom is -0.402 e. The summed E-state index contributed by atoms with van der Waals surface area (Å²) in [4.78, 5) is 4.30. The van der Waals surface area contributed by atoms with Crippen molar-refractivity contribution in [2.45, 2.75) is 168 Å². The zero-order valence-corrected chi connectivity index (χ0v) is 30.6. The van der Waals surface area contributed by atoms with Gasteiger partial charge in [0.15, 0.2) is 0 Å². The Kier molecular flexibility index (Phi) is 51.0. The highest BCUT2D eigenvalue weighted by molar-refractivity contribution is 6.30. The largest absolute Gasteiger partial charge is 0.631 e. The molecule has 0 aromatic carbocycles. The van der Waals surface area contributed by atoms with E-state index in [-0.39, 0.29) is 26.4 Å². The fraction of sp³-hybridized carbons (Fsp3) is 1.00. The minimum atomic E-state index is -2.17. The molecule has 0 spiro atoms. The van der Waals surface area contributed by atoms with Crippen molar-refractivity contribution >= 4 is 7.32 Å². The van der Waals surface area contributed by atoms with Crippen LogP contribution in [0.25, 0.3) is 0 Å². The van der Waals surface area contributed by atoms with Crippen LogP contribution in [-0.2, 0) is 0 Å². The molecule has 0 heterocycles. The van der Waals surface area contributed by atoms with Crippen LogP contribution in [0.1, 0.15) is 168 Å². The Morgan fingerprint density at radius 3 is 0.652 bits per heavy atom. The van der Waals surface area contributed by atoms with Gasteiger partial charge in [0.05, 0.1) is 26.4 Å². The summed E-state index contributed by atoms with van der Waals surface area (Å²) < 4.78 is 0. The highest BCUT2D eigenvalue weighted by atomic mass is 16.5. The Hall–Kier alpha value is -0.295. The van der Waals surface area contributed by atoms with Crippen molar-refractivity contribution in [1.82, 2.24) is 9.80 Å². The Bertz CT molecular complexity index is 456. The van der Waals surface area contributed by atoms with Gasteiger partial charge in [-0.05, 0) is 25.9 Å². The maximum atomic E-state index is 8.93. The predicted octanol–water partition coefficient (Wildman–Crippen LogP) is 5.90. The van der Waals surface area contributed by atoms with Crippen LogP contribution in [0.4, 0.5) is 0 Å². The Morgan fingerprint density at radius 1 is 0.304 bits per heavy atom. The monoisotopic (exact) mass is 665 g/mol. The van der Waals surface area contributed by atoms with Crippen LogP contribution in [0.15, 0.2) is 0 Å². The van der Waals surface area contributed by atoms with Crippen LogP contribution in [-0.4, -0.2) is 118 Å². The van der Waals surface area contributed by atoms with Crippen LogP contribution in [0.2, 0.25) is 0 Å². The standard InChI is InChI=1S/2C18H39NO2.BH3O3/c2*1-2-3-4-5-6-7-8-9-10-11-12-13-14-19(15-17-20)16-18-21;2-1(3)4/h2*20-21H,2-18H2,1H3;2-4H. The van der Waals surface area contributed by atoms with Gasteiger partial charge in [0, 0.05) is 26.2 Å². The maximum absolute atomic E-state index is 8.93. The summed E-state index contributed by atoms with van der Waals surface area (Å²) in [7, 11) is -2.17. The third kappa shape index (κ3) is 50.6. The third-order valence-electron chi connectivity index (χ3n) is 8.32. The molecular formula is C36H81BN2O7. The summed E-state index contributed by atoms with van der Waals surface area (Å²) in [5.41, 5.74) is 0. The first-order chi connectivity index (χ1) is 22.4. The average Bonchev–Trinajstić information content (AvgIpc) is 3.02. The molecule has 0 aromatic heterocycles. The fourth-order valence-electron chi connectivity index (χ4n) is 5.59. The molecule has 0 bridgehead atoms. The molecular weight excluding hydrogens is 583 g/mol. The van der Waals surface area contributed by atoms with Gasteiger partial charge in [-0.1, -0.05) is 155 Å². The summed E-state index contributed by atoms with van der Waals surface area (Å²) in [5, 5.41) is 57.2. The number of nitrogens with zero attached hydrogens (tertiary/aromatic N) is 2. The van der Waals surface area contributed by atoms with Gasteiger partial charge in [-0.3, -0.25) is 9.80 Å². The summed E-state index contributed by atoms with van der Waals surface area (Å²) in [6, 6.07) is 0. The van der Waals surface area contributed by atoms with Crippen molar-refractivity contribution in [3.8, 4) is 0 Å². The van der Waals surface area contributed by atoms with Crippen LogP contribution < -0.4 is 0 Å². The molecule has 0 aliphatic heterocycles. The van der Waals surface area contributed by atoms with E-state index in [0.717, 1.165) is 13.1 Å². The molecule has 0 atom stereocenters. The Labute approximate surface area is 286 Å². The molecule has 0 aromatic rings. The van der Waals surface area contributed by atoms with E-state index in [2.05, 4.69) is 23.6 Å². The first-order valence-corrected chi connectivity index (χ1v) is 19.4. The van der Waals surface area contributed by atoms with Gasteiger partial charge in [-0.2, -0.15) is 0 Å². The quantitative estimate of drug-likeness (QED) is 0.0330. The smallest absolute Gasteiger partial charge is 0.402 e. The van der Waals surface area contributed by atoms with Gasteiger partial charge in [0.2, 0.25) is 0 Å². The SMILES string of the molecule is CCCCCCCCCCCCCCN(CCO)CCO.CCCCCCCCCCCCCCN(CCO)CCO.OB(O)O. The second-order valence-corrected chi connectivity index (χ2v) is 12.7. The molecule has 0 radical (unpaired) electrons. The maximum Gasteiger partial charge on any atom is 0.631 e. The fourth-order valence-corrected chi connectivity index (χ4v) is 5.59. The number of hydrogen-bond acceptors (Lipinski definition) is 9. The topological polar surface area (TPSA) is 148 Å². The van der Waals surface area contributed by atoms with E-state index in [1.165, 1.54) is 154 Å². The second-order valence-electron chi connectivity index (χ2n) is 12.7. The van der Waals surface area contributed by atoms with E-state index in [1.54, 1.807) is 0 Å². The van der Waals surface area contributed by atoms with Crippen molar-refractivity contribution in [1.29, 1.82) is 0 Å². The van der Waals surface area contributed by atoms with Crippen molar-refractivity contribution in [3.63, 3.8) is 0 Å². The molecule has 9 nitrogen and oxygen atoms in total. The molecule has 7 N–H and O–H groups in total. The van der Waals surface area contributed by atoms with Gasteiger partial charge >= 0.3 is 7.32 Å². The molecule has 10 heteroatoms. The van der Waals surface area contributed by atoms with E-state index in [4.69, 9.17) is 35.5 Å². The zero-order chi connectivity index (χ0) is 34.8. The van der Waals surface area contributed by atoms with Crippen molar-refractivity contribution in [2.75, 3.05) is 65.7 Å². The highest BCUT2D eigenvalue weighted by Gasteiger charge is 2.04.